The number of hydrogen-bond donors (Lipinski definition) is 2. The standard InChI is InChI=1S/C11H8BrClFN3O2S/c12-7-4-6(14)5-8(13)10(7)17-20(18,19)11-9(15)2-1-3-16-11/h1-5,17H,15H2. The Labute approximate surface area is 128 Å². The van der Waals surface area contributed by atoms with Gasteiger partial charge < -0.3 is 5.73 Å². The summed E-state index contributed by atoms with van der Waals surface area (Å²) >= 11 is 8.86. The highest BCUT2D eigenvalue weighted by molar-refractivity contribution is 9.10. The molecule has 1 aromatic heterocycles. The summed E-state index contributed by atoms with van der Waals surface area (Å²) in [4.78, 5) is 3.72. The van der Waals surface area contributed by atoms with Gasteiger partial charge in [0.25, 0.3) is 10.0 Å². The Bertz CT molecular complexity index is 747. The number of nitrogens with zero attached hydrogens (tertiary/aromatic N) is 1. The first-order valence-electron chi connectivity index (χ1n) is 5.19. The van der Waals surface area contributed by atoms with Crippen LogP contribution < -0.4 is 10.5 Å². The molecule has 5 nitrogen and oxygen atoms in total. The highest BCUT2D eigenvalue weighted by atomic mass is 79.9. The lowest BCUT2D eigenvalue weighted by Gasteiger charge is -2.12. The summed E-state index contributed by atoms with van der Waals surface area (Å²) in [5.74, 6) is -0.595. The predicted octanol–water partition coefficient (Wildman–Crippen LogP) is 3.02. The van der Waals surface area contributed by atoms with Gasteiger partial charge in [0.15, 0.2) is 5.03 Å². The maximum absolute atomic E-state index is 13.1. The van der Waals surface area contributed by atoms with E-state index in [0.717, 1.165) is 12.1 Å². The van der Waals surface area contributed by atoms with E-state index in [4.69, 9.17) is 17.3 Å². The minimum Gasteiger partial charge on any atom is -0.396 e. The molecule has 0 amide bonds. The summed E-state index contributed by atoms with van der Waals surface area (Å²) in [6.07, 6.45) is 1.30. The largest absolute Gasteiger partial charge is 0.396 e. The Morgan fingerprint density at radius 3 is 2.70 bits per heavy atom. The molecule has 0 unspecified atom stereocenters. The number of aromatic nitrogens is 1. The van der Waals surface area contributed by atoms with Crippen LogP contribution in [-0.4, -0.2) is 13.4 Å². The molecule has 2 rings (SSSR count). The Balaban J connectivity index is 2.47. The van der Waals surface area contributed by atoms with Gasteiger partial charge in [0, 0.05) is 10.7 Å². The zero-order valence-corrected chi connectivity index (χ0v) is 12.9. The minimum atomic E-state index is -4.02. The summed E-state index contributed by atoms with van der Waals surface area (Å²) in [7, 11) is -4.02. The van der Waals surface area contributed by atoms with Gasteiger partial charge in [-0.25, -0.2) is 9.37 Å². The first-order chi connectivity index (χ1) is 9.31. The van der Waals surface area contributed by atoms with Gasteiger partial charge in [-0.3, -0.25) is 4.72 Å². The number of anilines is 2. The number of benzene rings is 1. The van der Waals surface area contributed by atoms with Crippen molar-refractivity contribution in [2.75, 3.05) is 10.5 Å². The van der Waals surface area contributed by atoms with Gasteiger partial charge in [0.1, 0.15) is 5.82 Å². The Kier molecular flexibility index (Phi) is 4.17. The molecule has 2 aromatic rings. The molecule has 0 bridgehead atoms. The summed E-state index contributed by atoms with van der Waals surface area (Å²) in [6.45, 7) is 0. The van der Waals surface area contributed by atoms with Gasteiger partial charge in [0.05, 0.1) is 16.4 Å². The van der Waals surface area contributed by atoms with Crippen molar-refractivity contribution in [3.63, 3.8) is 0 Å². The van der Waals surface area contributed by atoms with Gasteiger partial charge in [-0.1, -0.05) is 11.6 Å². The van der Waals surface area contributed by atoms with Gasteiger partial charge in [-0.2, -0.15) is 8.42 Å². The summed E-state index contributed by atoms with van der Waals surface area (Å²) < 4.78 is 39.9. The number of rotatable bonds is 3. The average Bonchev–Trinajstić information content (AvgIpc) is 2.34. The highest BCUT2D eigenvalue weighted by Crippen LogP contribution is 2.33. The number of nitrogens with one attached hydrogen (secondary N) is 1. The minimum absolute atomic E-state index is 0.00523. The van der Waals surface area contributed by atoms with Crippen LogP contribution in [0.15, 0.2) is 40.0 Å². The second-order valence-electron chi connectivity index (χ2n) is 3.75. The molecule has 0 saturated carbocycles. The SMILES string of the molecule is Nc1cccnc1S(=O)(=O)Nc1c(Cl)cc(F)cc1Br. The molecule has 0 atom stereocenters. The molecule has 20 heavy (non-hydrogen) atoms. The molecule has 0 radical (unpaired) electrons. The fraction of sp³-hybridized carbons (Fsp3) is 0. The van der Waals surface area contributed by atoms with Crippen LogP contribution in [0, 0.1) is 5.82 Å². The van der Waals surface area contributed by atoms with Crippen LogP contribution in [0.2, 0.25) is 5.02 Å². The quantitative estimate of drug-likeness (QED) is 0.857. The van der Waals surface area contributed by atoms with Crippen molar-refractivity contribution in [2.24, 2.45) is 0 Å². The first-order valence-corrected chi connectivity index (χ1v) is 7.84. The molecule has 0 aliphatic heterocycles. The van der Waals surface area contributed by atoms with E-state index in [9.17, 15) is 12.8 Å². The lowest BCUT2D eigenvalue weighted by molar-refractivity contribution is 0.598. The van der Waals surface area contributed by atoms with Gasteiger partial charge >= 0.3 is 0 Å². The van der Waals surface area contributed by atoms with Gasteiger partial charge in [-0.05, 0) is 40.2 Å². The zero-order chi connectivity index (χ0) is 14.9. The lowest BCUT2D eigenvalue weighted by atomic mass is 10.3. The van der Waals surface area contributed by atoms with Crippen molar-refractivity contribution in [3.8, 4) is 0 Å². The van der Waals surface area contributed by atoms with Crippen molar-refractivity contribution in [2.45, 2.75) is 5.03 Å². The first kappa shape index (κ1) is 15.0. The summed E-state index contributed by atoms with van der Waals surface area (Å²) in [5, 5.41) is -0.415. The summed E-state index contributed by atoms with van der Waals surface area (Å²) in [6, 6.07) is 5.00. The van der Waals surface area contributed by atoms with E-state index in [1.807, 2.05) is 0 Å². The van der Waals surface area contributed by atoms with Crippen LogP contribution in [0.25, 0.3) is 0 Å². The Hall–Kier alpha value is -1.38. The molecule has 0 spiro atoms. The van der Waals surface area contributed by atoms with Crippen LogP contribution in [-0.2, 0) is 10.0 Å². The van der Waals surface area contributed by atoms with E-state index >= 15 is 0 Å². The smallest absolute Gasteiger partial charge is 0.281 e. The molecule has 1 aromatic carbocycles. The van der Waals surface area contributed by atoms with E-state index in [-0.39, 0.29) is 25.9 Å². The average molecular weight is 381 g/mol. The molecular weight excluding hydrogens is 373 g/mol. The van der Waals surface area contributed by atoms with Gasteiger partial charge in [-0.15, -0.1) is 0 Å². The van der Waals surface area contributed by atoms with Crippen molar-refractivity contribution >= 4 is 48.9 Å². The van der Waals surface area contributed by atoms with Crippen molar-refractivity contribution in [1.82, 2.24) is 4.98 Å². The number of sulfonamides is 1. The molecule has 0 aliphatic carbocycles. The molecule has 3 N–H and O–H groups in total. The molecule has 9 heteroatoms. The molecule has 106 valence electrons. The van der Waals surface area contributed by atoms with Crippen LogP contribution in [0.1, 0.15) is 0 Å². The zero-order valence-electron chi connectivity index (χ0n) is 9.77. The van der Waals surface area contributed by atoms with E-state index in [1.165, 1.54) is 18.3 Å². The number of nitrogen functional groups attached to an aromatic ring is 1. The van der Waals surface area contributed by atoms with Crippen LogP contribution in [0.3, 0.4) is 0 Å². The lowest BCUT2D eigenvalue weighted by Crippen LogP contribution is -2.17. The number of pyridine rings is 1. The van der Waals surface area contributed by atoms with Gasteiger partial charge in [0.2, 0.25) is 0 Å². The Morgan fingerprint density at radius 2 is 2.10 bits per heavy atom. The van der Waals surface area contributed by atoms with Crippen molar-refractivity contribution in [1.29, 1.82) is 0 Å². The van der Waals surface area contributed by atoms with E-state index < -0.39 is 15.8 Å². The normalized spacial score (nSPS) is 11.3. The fourth-order valence-corrected chi connectivity index (χ4v) is 3.70. The van der Waals surface area contributed by atoms with E-state index in [0.29, 0.717) is 0 Å². The van der Waals surface area contributed by atoms with Crippen LogP contribution >= 0.6 is 27.5 Å². The monoisotopic (exact) mass is 379 g/mol. The number of nitrogens with two attached hydrogens (primary N) is 1. The molecule has 0 fully saturated rings. The van der Waals surface area contributed by atoms with E-state index in [1.54, 1.807) is 0 Å². The third-order valence-corrected chi connectivity index (χ3v) is 4.55. The number of hydrogen-bond acceptors (Lipinski definition) is 4. The predicted molar refractivity (Wildman–Crippen MR) is 78.6 cm³/mol. The highest BCUT2D eigenvalue weighted by Gasteiger charge is 2.21. The third kappa shape index (κ3) is 3.02. The maximum atomic E-state index is 13.1. The van der Waals surface area contributed by atoms with Crippen LogP contribution in [0.5, 0.6) is 0 Å². The molecule has 1 heterocycles. The topological polar surface area (TPSA) is 85.1 Å². The van der Waals surface area contributed by atoms with Crippen molar-refractivity contribution in [3.05, 3.63) is 45.8 Å². The molecule has 0 saturated heterocycles. The third-order valence-electron chi connectivity index (χ3n) is 2.30. The number of halogens is 3. The Morgan fingerprint density at radius 1 is 1.40 bits per heavy atom. The molecule has 0 aliphatic rings. The van der Waals surface area contributed by atoms with E-state index in [2.05, 4.69) is 25.6 Å². The fourth-order valence-electron chi connectivity index (χ4n) is 1.45. The second kappa shape index (κ2) is 5.55. The molecular formula is C11H8BrClFN3O2S. The van der Waals surface area contributed by atoms with Crippen LogP contribution in [0.4, 0.5) is 15.8 Å². The maximum Gasteiger partial charge on any atom is 0.281 e. The second-order valence-corrected chi connectivity index (χ2v) is 6.61. The summed E-state index contributed by atoms with van der Waals surface area (Å²) in [5.41, 5.74) is 5.58. The van der Waals surface area contributed by atoms with Crippen molar-refractivity contribution < 1.29 is 12.8 Å².